The summed E-state index contributed by atoms with van der Waals surface area (Å²) in [6.07, 6.45) is 1.15. The van der Waals surface area contributed by atoms with Crippen molar-refractivity contribution in [2.24, 2.45) is 0 Å². The Kier molecular flexibility index (Phi) is 5.79. The van der Waals surface area contributed by atoms with Crippen LogP contribution in [0.3, 0.4) is 0 Å². The smallest absolute Gasteiger partial charge is 0.319 e. The number of hydrogen-bond donors (Lipinski definition) is 1. The van der Waals surface area contributed by atoms with Crippen LogP contribution in [0.2, 0.25) is 0 Å². The van der Waals surface area contributed by atoms with Gasteiger partial charge < -0.3 is 10.6 Å². The Morgan fingerprint density at radius 1 is 1.50 bits per heavy atom. The lowest BCUT2D eigenvalue weighted by Crippen LogP contribution is -2.25. The Morgan fingerprint density at radius 2 is 2.17 bits per heavy atom. The van der Waals surface area contributed by atoms with E-state index in [0.29, 0.717) is 5.03 Å². The summed E-state index contributed by atoms with van der Waals surface area (Å²) < 4.78 is 0. The number of hydrogen-bond acceptors (Lipinski definition) is 7. The van der Waals surface area contributed by atoms with Crippen LogP contribution in [-0.4, -0.2) is 45.2 Å². The number of aromatic nitrogens is 2. The minimum absolute atomic E-state index is 0.0611. The minimum Gasteiger partial charge on any atom is -0.368 e. The van der Waals surface area contributed by atoms with E-state index in [2.05, 4.69) is 28.7 Å². The first kappa shape index (κ1) is 14.7. The van der Waals surface area contributed by atoms with Crippen molar-refractivity contribution >= 4 is 23.4 Å². The third-order valence-electron chi connectivity index (χ3n) is 2.49. The highest BCUT2D eigenvalue weighted by Gasteiger charge is 2.17. The number of rotatable bonds is 7. The van der Waals surface area contributed by atoms with E-state index >= 15 is 0 Å². The third kappa shape index (κ3) is 4.11. The number of anilines is 1. The fourth-order valence-electron chi connectivity index (χ4n) is 1.42. The first-order valence-corrected chi connectivity index (χ1v) is 6.69. The van der Waals surface area contributed by atoms with Gasteiger partial charge in [-0.3, -0.25) is 10.1 Å². The second-order valence-electron chi connectivity index (χ2n) is 3.55. The molecule has 0 fully saturated rings. The summed E-state index contributed by atoms with van der Waals surface area (Å²) in [4.78, 5) is 20.1. The highest BCUT2D eigenvalue weighted by Crippen LogP contribution is 2.26. The zero-order valence-corrected chi connectivity index (χ0v) is 11.3. The maximum atomic E-state index is 10.8. The molecule has 0 aliphatic rings. The first-order valence-electron chi connectivity index (χ1n) is 5.70. The standard InChI is InChI=1S/C10H17N5O2S/c1-3-14(4-2)5-6-18-9-8(15(16)17)7-12-10(11)13-9/h7H,3-6H2,1-2H3,(H2,11,12,13). The molecule has 0 radical (unpaired) electrons. The zero-order chi connectivity index (χ0) is 13.5. The van der Waals surface area contributed by atoms with Gasteiger partial charge in [0.15, 0.2) is 5.03 Å². The maximum absolute atomic E-state index is 10.8. The van der Waals surface area contributed by atoms with Gasteiger partial charge in [-0.15, -0.1) is 0 Å². The molecular weight excluding hydrogens is 254 g/mol. The second kappa shape index (κ2) is 7.12. The van der Waals surface area contributed by atoms with E-state index < -0.39 is 4.92 Å². The van der Waals surface area contributed by atoms with Crippen molar-refractivity contribution in [2.45, 2.75) is 18.9 Å². The normalized spacial score (nSPS) is 10.8. The number of nitro groups is 1. The minimum atomic E-state index is -0.487. The van der Waals surface area contributed by atoms with Crippen LogP contribution in [0.25, 0.3) is 0 Å². The van der Waals surface area contributed by atoms with Crippen molar-refractivity contribution in [1.82, 2.24) is 14.9 Å². The molecule has 1 rings (SSSR count). The lowest BCUT2D eigenvalue weighted by molar-refractivity contribution is -0.388. The Bertz CT molecular complexity index is 411. The van der Waals surface area contributed by atoms with Crippen LogP contribution in [0.1, 0.15) is 13.8 Å². The molecule has 2 N–H and O–H groups in total. The van der Waals surface area contributed by atoms with Gasteiger partial charge in [0.05, 0.1) is 4.92 Å². The largest absolute Gasteiger partial charge is 0.368 e. The lowest BCUT2D eigenvalue weighted by Gasteiger charge is -2.16. The summed E-state index contributed by atoms with van der Waals surface area (Å²) >= 11 is 1.33. The highest BCUT2D eigenvalue weighted by molar-refractivity contribution is 7.99. The van der Waals surface area contributed by atoms with Crippen molar-refractivity contribution in [3.05, 3.63) is 16.3 Å². The summed E-state index contributed by atoms with van der Waals surface area (Å²) in [5.74, 6) is 0.796. The van der Waals surface area contributed by atoms with Crippen LogP contribution in [0.5, 0.6) is 0 Å². The van der Waals surface area contributed by atoms with Gasteiger partial charge in [0.25, 0.3) is 0 Å². The molecule has 0 saturated carbocycles. The molecule has 1 heterocycles. The number of nitrogens with zero attached hydrogens (tertiary/aromatic N) is 4. The van der Waals surface area contributed by atoms with E-state index in [1.165, 1.54) is 11.8 Å². The van der Waals surface area contributed by atoms with Crippen molar-refractivity contribution in [1.29, 1.82) is 0 Å². The average Bonchev–Trinajstić information content (AvgIpc) is 2.34. The van der Waals surface area contributed by atoms with Gasteiger partial charge in [0.1, 0.15) is 6.20 Å². The van der Waals surface area contributed by atoms with Gasteiger partial charge in [0, 0.05) is 12.3 Å². The molecule has 7 nitrogen and oxygen atoms in total. The molecule has 8 heteroatoms. The van der Waals surface area contributed by atoms with Gasteiger partial charge in [-0.2, -0.15) is 4.98 Å². The Balaban J connectivity index is 2.66. The Labute approximate surface area is 110 Å². The first-order chi connectivity index (χ1) is 8.58. The molecule has 1 aromatic rings. The monoisotopic (exact) mass is 271 g/mol. The van der Waals surface area contributed by atoms with Crippen LogP contribution in [0, 0.1) is 10.1 Å². The van der Waals surface area contributed by atoms with E-state index in [1.807, 2.05) is 0 Å². The molecule has 1 aromatic heterocycles. The Hall–Kier alpha value is -1.41. The van der Waals surface area contributed by atoms with Gasteiger partial charge in [-0.05, 0) is 13.1 Å². The van der Waals surface area contributed by atoms with E-state index in [4.69, 9.17) is 5.73 Å². The molecule has 0 aliphatic heterocycles. The number of nitrogens with two attached hydrogens (primary N) is 1. The number of thioether (sulfide) groups is 1. The topological polar surface area (TPSA) is 98.2 Å². The van der Waals surface area contributed by atoms with Gasteiger partial charge in [-0.1, -0.05) is 25.6 Å². The molecule has 0 aromatic carbocycles. The summed E-state index contributed by atoms with van der Waals surface area (Å²) in [6.45, 7) is 6.95. The number of nitrogen functional groups attached to an aromatic ring is 1. The quantitative estimate of drug-likeness (QED) is 0.346. The second-order valence-corrected chi connectivity index (χ2v) is 4.63. The molecule has 0 spiro atoms. The van der Waals surface area contributed by atoms with Crippen LogP contribution >= 0.6 is 11.8 Å². The van der Waals surface area contributed by atoms with Crippen molar-refractivity contribution in [3.8, 4) is 0 Å². The predicted molar refractivity (Wildman–Crippen MR) is 71.6 cm³/mol. The van der Waals surface area contributed by atoms with E-state index in [9.17, 15) is 10.1 Å². The summed E-state index contributed by atoms with van der Waals surface area (Å²) in [6, 6.07) is 0. The van der Waals surface area contributed by atoms with Gasteiger partial charge in [-0.25, -0.2) is 4.98 Å². The third-order valence-corrected chi connectivity index (χ3v) is 3.45. The van der Waals surface area contributed by atoms with Gasteiger partial charge in [0.2, 0.25) is 5.95 Å². The van der Waals surface area contributed by atoms with E-state index in [1.54, 1.807) is 0 Å². The molecular formula is C10H17N5O2S. The lowest BCUT2D eigenvalue weighted by atomic mass is 10.5. The highest BCUT2D eigenvalue weighted by atomic mass is 32.2. The maximum Gasteiger partial charge on any atom is 0.319 e. The SMILES string of the molecule is CCN(CC)CCSc1nc(N)ncc1[N+](=O)[O-]. The van der Waals surface area contributed by atoms with Crippen molar-refractivity contribution in [2.75, 3.05) is 31.1 Å². The van der Waals surface area contributed by atoms with Crippen molar-refractivity contribution < 1.29 is 4.92 Å². The average molecular weight is 271 g/mol. The van der Waals surface area contributed by atoms with Crippen LogP contribution in [0.15, 0.2) is 11.2 Å². The van der Waals surface area contributed by atoms with E-state index in [0.717, 1.165) is 31.6 Å². The van der Waals surface area contributed by atoms with Crippen molar-refractivity contribution in [3.63, 3.8) is 0 Å². The molecule has 0 saturated heterocycles. The van der Waals surface area contributed by atoms with Gasteiger partial charge >= 0.3 is 5.69 Å². The molecule has 0 unspecified atom stereocenters. The molecule has 0 atom stereocenters. The molecule has 0 amide bonds. The summed E-state index contributed by atoms with van der Waals surface area (Å²) in [5.41, 5.74) is 5.35. The van der Waals surface area contributed by atoms with Crippen LogP contribution < -0.4 is 5.73 Å². The van der Waals surface area contributed by atoms with Crippen LogP contribution in [-0.2, 0) is 0 Å². The molecule has 0 aliphatic carbocycles. The zero-order valence-electron chi connectivity index (χ0n) is 10.5. The van der Waals surface area contributed by atoms with Crippen LogP contribution in [0.4, 0.5) is 11.6 Å². The fraction of sp³-hybridized carbons (Fsp3) is 0.600. The molecule has 100 valence electrons. The summed E-state index contributed by atoms with van der Waals surface area (Å²) in [7, 11) is 0. The van der Waals surface area contributed by atoms with E-state index in [-0.39, 0.29) is 11.6 Å². The fourth-order valence-corrected chi connectivity index (χ4v) is 2.39. The molecule has 0 bridgehead atoms. The Morgan fingerprint density at radius 3 is 2.72 bits per heavy atom. The summed E-state index contributed by atoms with van der Waals surface area (Å²) in [5, 5.41) is 11.1. The molecule has 18 heavy (non-hydrogen) atoms. The predicted octanol–water partition coefficient (Wildman–Crippen LogP) is 1.40.